The van der Waals surface area contributed by atoms with Crippen LogP contribution in [-0.4, -0.2) is 27.5 Å². The smallest absolute Gasteiger partial charge is 0.240 e. The Morgan fingerprint density at radius 1 is 0.900 bits per heavy atom. The van der Waals surface area contributed by atoms with E-state index in [0.29, 0.717) is 5.69 Å². The lowest BCUT2D eigenvalue weighted by molar-refractivity contribution is -0.117. The molecule has 3 rings (SSSR count). The van der Waals surface area contributed by atoms with E-state index in [0.717, 1.165) is 22.1 Å². The third-order valence-corrected chi connectivity index (χ3v) is 6.46. The van der Waals surface area contributed by atoms with E-state index in [4.69, 9.17) is 4.74 Å². The van der Waals surface area contributed by atoms with Crippen LogP contribution < -0.4 is 14.8 Å². The molecule has 0 aliphatic rings. The van der Waals surface area contributed by atoms with Crippen molar-refractivity contribution in [3.63, 3.8) is 0 Å². The summed E-state index contributed by atoms with van der Waals surface area (Å²) in [6.45, 7) is 5.36. The van der Waals surface area contributed by atoms with E-state index in [-0.39, 0.29) is 22.8 Å². The summed E-state index contributed by atoms with van der Waals surface area (Å²) < 4.78 is 32.2. The van der Waals surface area contributed by atoms with Gasteiger partial charge in [-0.1, -0.05) is 24.3 Å². The summed E-state index contributed by atoms with van der Waals surface area (Å²) in [5.41, 5.74) is 1.44. The fourth-order valence-corrected chi connectivity index (χ4v) is 4.39. The van der Waals surface area contributed by atoms with Crippen molar-refractivity contribution < 1.29 is 17.9 Å². The highest BCUT2D eigenvalue weighted by molar-refractivity contribution is 7.89. The summed E-state index contributed by atoms with van der Waals surface area (Å²) in [6, 6.07) is 17.6. The molecule has 0 saturated heterocycles. The van der Waals surface area contributed by atoms with Gasteiger partial charge in [0.05, 0.1) is 17.9 Å². The third kappa shape index (κ3) is 4.98. The summed E-state index contributed by atoms with van der Waals surface area (Å²) in [5, 5.41) is 4.92. The zero-order chi connectivity index (χ0) is 21.9. The molecule has 1 amide bonds. The Balaban J connectivity index is 1.73. The van der Waals surface area contributed by atoms with Crippen LogP contribution in [0.3, 0.4) is 0 Å². The summed E-state index contributed by atoms with van der Waals surface area (Å²) >= 11 is 0. The van der Waals surface area contributed by atoms with Gasteiger partial charge in [0, 0.05) is 11.7 Å². The third-order valence-electron chi connectivity index (χ3n) is 4.79. The summed E-state index contributed by atoms with van der Waals surface area (Å²) in [6.07, 6.45) is 0. The van der Waals surface area contributed by atoms with Gasteiger partial charge in [-0.2, -0.15) is 0 Å². The average Bonchev–Trinajstić information content (AvgIpc) is 2.71. The van der Waals surface area contributed by atoms with Gasteiger partial charge in [-0.15, -0.1) is 0 Å². The summed E-state index contributed by atoms with van der Waals surface area (Å²) in [4.78, 5) is 12.9. The van der Waals surface area contributed by atoms with Crippen molar-refractivity contribution in [2.75, 3.05) is 12.4 Å². The maximum absolute atomic E-state index is 12.7. The fourth-order valence-electron chi connectivity index (χ4n) is 3.14. The molecule has 0 fully saturated rings. The van der Waals surface area contributed by atoms with Crippen LogP contribution in [-0.2, 0) is 14.8 Å². The maximum Gasteiger partial charge on any atom is 0.240 e. The molecule has 1 unspecified atom stereocenters. The number of hydrogen-bond acceptors (Lipinski definition) is 4. The van der Waals surface area contributed by atoms with E-state index in [1.807, 2.05) is 43.3 Å². The molecule has 0 heterocycles. The zero-order valence-corrected chi connectivity index (χ0v) is 18.3. The van der Waals surface area contributed by atoms with Crippen LogP contribution in [0.5, 0.6) is 5.75 Å². The molecule has 3 aromatic carbocycles. The van der Waals surface area contributed by atoms with Gasteiger partial charge in [-0.05, 0) is 73.5 Å². The van der Waals surface area contributed by atoms with Crippen molar-refractivity contribution in [3.05, 3.63) is 66.2 Å². The highest BCUT2D eigenvalue weighted by atomic mass is 32.2. The van der Waals surface area contributed by atoms with Crippen LogP contribution in [0.25, 0.3) is 10.8 Å². The quantitative estimate of drug-likeness (QED) is 0.591. The second-order valence-electron chi connectivity index (χ2n) is 7.48. The molecule has 0 aromatic heterocycles. The summed E-state index contributed by atoms with van der Waals surface area (Å²) in [5.74, 6) is 0.247. The van der Waals surface area contributed by atoms with Crippen LogP contribution in [0.15, 0.2) is 65.6 Å². The normalized spacial score (nSPS) is 12.7. The standard InChI is InChI=1S/C23H26N2O4S/c1-15(2)25-30(27,28)22-11-8-20(9-12-22)24-23(26)16(3)17-5-6-19-14-21(29-4)10-7-18(19)13-17/h5-16,25H,1-4H3,(H,24,26). The molecule has 0 aliphatic heterocycles. The van der Waals surface area contributed by atoms with Gasteiger partial charge in [-0.3, -0.25) is 4.79 Å². The Kier molecular flexibility index (Phi) is 6.43. The predicted molar refractivity (Wildman–Crippen MR) is 119 cm³/mol. The van der Waals surface area contributed by atoms with E-state index in [9.17, 15) is 13.2 Å². The van der Waals surface area contributed by atoms with Crippen molar-refractivity contribution in [2.24, 2.45) is 0 Å². The Labute approximate surface area is 177 Å². The highest BCUT2D eigenvalue weighted by Crippen LogP contribution is 2.26. The molecule has 2 N–H and O–H groups in total. The van der Waals surface area contributed by atoms with E-state index in [1.165, 1.54) is 12.1 Å². The number of ether oxygens (including phenoxy) is 1. The lowest BCUT2D eigenvalue weighted by atomic mass is 9.97. The minimum Gasteiger partial charge on any atom is -0.497 e. The number of fused-ring (bicyclic) bond motifs is 1. The van der Waals surface area contributed by atoms with Crippen molar-refractivity contribution >= 4 is 32.4 Å². The second kappa shape index (κ2) is 8.85. The Morgan fingerprint density at radius 2 is 1.53 bits per heavy atom. The zero-order valence-electron chi connectivity index (χ0n) is 17.5. The first-order valence-electron chi connectivity index (χ1n) is 9.70. The van der Waals surface area contributed by atoms with Crippen molar-refractivity contribution in [3.8, 4) is 5.75 Å². The number of carbonyl (C=O) groups excluding carboxylic acids is 1. The van der Waals surface area contributed by atoms with Crippen LogP contribution in [0.2, 0.25) is 0 Å². The SMILES string of the molecule is COc1ccc2cc(C(C)C(=O)Nc3ccc(S(=O)(=O)NC(C)C)cc3)ccc2c1. The van der Waals surface area contributed by atoms with Crippen LogP contribution in [0, 0.1) is 0 Å². The Morgan fingerprint density at radius 3 is 2.17 bits per heavy atom. The van der Waals surface area contributed by atoms with Gasteiger partial charge in [0.25, 0.3) is 0 Å². The molecular weight excluding hydrogens is 400 g/mol. The number of anilines is 1. The van der Waals surface area contributed by atoms with Gasteiger partial charge in [0.2, 0.25) is 15.9 Å². The summed E-state index contributed by atoms with van der Waals surface area (Å²) in [7, 11) is -1.93. The van der Waals surface area contributed by atoms with Crippen molar-refractivity contribution in [1.29, 1.82) is 0 Å². The Bertz CT molecular complexity index is 1160. The minimum absolute atomic E-state index is 0.159. The van der Waals surface area contributed by atoms with E-state index in [2.05, 4.69) is 10.0 Å². The topological polar surface area (TPSA) is 84.5 Å². The van der Waals surface area contributed by atoms with Crippen LogP contribution in [0.4, 0.5) is 5.69 Å². The van der Waals surface area contributed by atoms with Gasteiger partial charge >= 0.3 is 0 Å². The molecule has 0 saturated carbocycles. The number of amides is 1. The first-order valence-corrected chi connectivity index (χ1v) is 11.2. The van der Waals surface area contributed by atoms with E-state index >= 15 is 0 Å². The number of carbonyl (C=O) groups is 1. The molecule has 0 spiro atoms. The number of sulfonamides is 1. The first-order chi connectivity index (χ1) is 14.2. The molecule has 6 nitrogen and oxygen atoms in total. The molecule has 7 heteroatoms. The molecule has 0 radical (unpaired) electrons. The van der Waals surface area contributed by atoms with Crippen LogP contribution >= 0.6 is 0 Å². The lowest BCUT2D eigenvalue weighted by Gasteiger charge is -2.14. The van der Waals surface area contributed by atoms with E-state index in [1.54, 1.807) is 33.1 Å². The fraction of sp³-hybridized carbons (Fsp3) is 0.261. The molecule has 3 aromatic rings. The number of nitrogens with one attached hydrogen (secondary N) is 2. The number of rotatable bonds is 7. The van der Waals surface area contributed by atoms with Gasteiger partial charge < -0.3 is 10.1 Å². The van der Waals surface area contributed by atoms with Crippen LogP contribution in [0.1, 0.15) is 32.3 Å². The predicted octanol–water partition coefficient (Wildman–Crippen LogP) is 4.28. The molecule has 1 atom stereocenters. The first kappa shape index (κ1) is 21.8. The highest BCUT2D eigenvalue weighted by Gasteiger charge is 2.18. The molecule has 0 bridgehead atoms. The monoisotopic (exact) mass is 426 g/mol. The van der Waals surface area contributed by atoms with Gasteiger partial charge in [0.15, 0.2) is 0 Å². The molecule has 0 aliphatic carbocycles. The van der Waals surface area contributed by atoms with E-state index < -0.39 is 10.0 Å². The largest absolute Gasteiger partial charge is 0.497 e. The second-order valence-corrected chi connectivity index (χ2v) is 9.20. The van der Waals surface area contributed by atoms with Gasteiger partial charge in [-0.25, -0.2) is 13.1 Å². The number of methoxy groups -OCH3 is 1. The van der Waals surface area contributed by atoms with Gasteiger partial charge in [0.1, 0.15) is 5.75 Å². The minimum atomic E-state index is -3.56. The van der Waals surface area contributed by atoms with Crippen molar-refractivity contribution in [2.45, 2.75) is 37.6 Å². The van der Waals surface area contributed by atoms with Crippen molar-refractivity contribution in [1.82, 2.24) is 4.72 Å². The number of hydrogen-bond donors (Lipinski definition) is 2. The Hall–Kier alpha value is -2.90. The molecule has 158 valence electrons. The average molecular weight is 427 g/mol. The molecule has 30 heavy (non-hydrogen) atoms. The molecular formula is C23H26N2O4S. The maximum atomic E-state index is 12.7. The number of benzene rings is 3. The lowest BCUT2D eigenvalue weighted by Crippen LogP contribution is -2.30.